The van der Waals surface area contributed by atoms with Crippen molar-refractivity contribution in [3.63, 3.8) is 0 Å². The summed E-state index contributed by atoms with van der Waals surface area (Å²) in [7, 11) is 0. The van der Waals surface area contributed by atoms with Gasteiger partial charge >= 0.3 is 0 Å². The van der Waals surface area contributed by atoms with Crippen molar-refractivity contribution in [1.29, 1.82) is 0 Å². The van der Waals surface area contributed by atoms with Crippen molar-refractivity contribution in [3.8, 4) is 0 Å². The van der Waals surface area contributed by atoms with E-state index >= 15 is 0 Å². The third-order valence-corrected chi connectivity index (χ3v) is 6.43. The van der Waals surface area contributed by atoms with Gasteiger partial charge < -0.3 is 20.1 Å². The Hall–Kier alpha value is -1.52. The quantitative estimate of drug-likeness (QED) is 0.317. The number of amides is 1. The third kappa shape index (κ3) is 6.29. The van der Waals surface area contributed by atoms with E-state index < -0.39 is 0 Å². The van der Waals surface area contributed by atoms with Gasteiger partial charge in [-0.15, -0.1) is 24.0 Å². The number of hydrogen-bond donors (Lipinski definition) is 2. The first-order chi connectivity index (χ1) is 15.1. The SMILES string of the molecule is CCNC(=NCCc1c[nH]c2ccc(Cl)cc12)N1CCN(CC(=O)N2CCCC2)CC1.I. The number of carbonyl (C=O) groups is 1. The van der Waals surface area contributed by atoms with E-state index in [0.29, 0.717) is 6.54 Å². The van der Waals surface area contributed by atoms with E-state index in [1.807, 2.05) is 23.1 Å². The largest absolute Gasteiger partial charge is 0.361 e. The highest BCUT2D eigenvalue weighted by molar-refractivity contribution is 14.0. The van der Waals surface area contributed by atoms with Crippen molar-refractivity contribution in [2.75, 3.05) is 58.9 Å². The van der Waals surface area contributed by atoms with Gasteiger partial charge in [0.25, 0.3) is 0 Å². The zero-order valence-electron chi connectivity index (χ0n) is 18.8. The Morgan fingerprint density at radius 3 is 2.59 bits per heavy atom. The highest BCUT2D eigenvalue weighted by atomic mass is 127. The molecule has 2 aromatic rings. The minimum Gasteiger partial charge on any atom is -0.361 e. The number of benzene rings is 1. The topological polar surface area (TPSA) is 67.0 Å². The number of aromatic nitrogens is 1. The Morgan fingerprint density at radius 2 is 1.88 bits per heavy atom. The van der Waals surface area contributed by atoms with Crippen LogP contribution in [0.3, 0.4) is 0 Å². The van der Waals surface area contributed by atoms with Gasteiger partial charge in [0.2, 0.25) is 5.91 Å². The summed E-state index contributed by atoms with van der Waals surface area (Å²) in [5, 5.41) is 5.36. The fraction of sp³-hybridized carbons (Fsp3) is 0.565. The number of nitrogens with zero attached hydrogens (tertiary/aromatic N) is 4. The zero-order chi connectivity index (χ0) is 21.6. The van der Waals surface area contributed by atoms with E-state index in [-0.39, 0.29) is 29.9 Å². The Bertz CT molecular complexity index is 918. The Balaban J connectivity index is 0.00000289. The number of piperazine rings is 1. The first-order valence-electron chi connectivity index (χ1n) is 11.4. The van der Waals surface area contributed by atoms with E-state index in [1.54, 1.807) is 0 Å². The Morgan fingerprint density at radius 1 is 1.12 bits per heavy atom. The molecular weight excluding hydrogens is 539 g/mol. The standard InChI is InChI=1S/C23H33ClN6O.HI/c1-2-25-23(26-8-7-18-16-27-21-6-5-19(24)15-20(18)21)30-13-11-28(12-14-30)17-22(31)29-9-3-4-10-29;/h5-6,15-16,27H,2-4,7-14,17H2,1H3,(H,25,26);1H. The summed E-state index contributed by atoms with van der Waals surface area (Å²) >= 11 is 6.17. The van der Waals surface area contributed by atoms with Crippen LogP contribution in [-0.2, 0) is 11.2 Å². The normalized spacial score (nSPS) is 17.6. The van der Waals surface area contributed by atoms with Gasteiger partial charge in [0.15, 0.2) is 5.96 Å². The molecule has 0 radical (unpaired) electrons. The number of aromatic amines is 1. The molecule has 0 unspecified atom stereocenters. The van der Waals surface area contributed by atoms with Crippen LogP contribution in [0.4, 0.5) is 0 Å². The third-order valence-electron chi connectivity index (χ3n) is 6.20. The van der Waals surface area contributed by atoms with Crippen LogP contribution in [-0.4, -0.2) is 90.5 Å². The number of aliphatic imine (C=N–C) groups is 1. The van der Waals surface area contributed by atoms with Crippen molar-refractivity contribution in [1.82, 2.24) is 25.0 Å². The number of fused-ring (bicyclic) bond motifs is 1. The lowest BCUT2D eigenvalue weighted by Crippen LogP contribution is -2.54. The minimum absolute atomic E-state index is 0. The van der Waals surface area contributed by atoms with Gasteiger partial charge in [-0.05, 0) is 49.9 Å². The summed E-state index contributed by atoms with van der Waals surface area (Å²) in [4.78, 5) is 27.2. The number of nitrogens with one attached hydrogen (secondary N) is 2. The van der Waals surface area contributed by atoms with Gasteiger partial charge in [-0.25, -0.2) is 0 Å². The second-order valence-corrected chi connectivity index (χ2v) is 8.78. The van der Waals surface area contributed by atoms with Crippen molar-refractivity contribution >= 4 is 58.3 Å². The molecule has 0 bridgehead atoms. The first-order valence-corrected chi connectivity index (χ1v) is 11.8. The summed E-state index contributed by atoms with van der Waals surface area (Å²) in [6.45, 7) is 9.63. The molecule has 176 valence electrons. The minimum atomic E-state index is 0. The highest BCUT2D eigenvalue weighted by Crippen LogP contribution is 2.22. The van der Waals surface area contributed by atoms with Gasteiger partial charge in [-0.3, -0.25) is 14.7 Å². The van der Waals surface area contributed by atoms with Crippen LogP contribution >= 0.6 is 35.6 Å². The van der Waals surface area contributed by atoms with Crippen LogP contribution in [0.25, 0.3) is 10.9 Å². The first kappa shape index (κ1) is 25.1. The number of hydrogen-bond acceptors (Lipinski definition) is 3. The predicted octanol–water partition coefficient (Wildman–Crippen LogP) is 3.19. The number of H-pyrrole nitrogens is 1. The van der Waals surface area contributed by atoms with Crippen LogP contribution < -0.4 is 5.32 Å². The molecule has 2 aliphatic heterocycles. The lowest BCUT2D eigenvalue weighted by molar-refractivity contribution is -0.131. The Kier molecular flexibility index (Phi) is 9.48. The average Bonchev–Trinajstić information content (AvgIpc) is 3.44. The summed E-state index contributed by atoms with van der Waals surface area (Å²) in [5.74, 6) is 1.25. The maximum Gasteiger partial charge on any atom is 0.236 e. The second-order valence-electron chi connectivity index (χ2n) is 8.34. The predicted molar refractivity (Wildman–Crippen MR) is 142 cm³/mol. The van der Waals surface area contributed by atoms with Crippen LogP contribution in [0.15, 0.2) is 29.4 Å². The summed E-state index contributed by atoms with van der Waals surface area (Å²) in [6, 6.07) is 5.94. The zero-order valence-corrected chi connectivity index (χ0v) is 21.9. The average molecular weight is 573 g/mol. The summed E-state index contributed by atoms with van der Waals surface area (Å²) in [6.07, 6.45) is 5.21. The van der Waals surface area contributed by atoms with Gasteiger partial charge in [-0.2, -0.15) is 0 Å². The van der Waals surface area contributed by atoms with Crippen molar-refractivity contribution in [2.24, 2.45) is 4.99 Å². The van der Waals surface area contributed by atoms with Crippen LogP contribution in [0.2, 0.25) is 5.02 Å². The van der Waals surface area contributed by atoms with E-state index in [2.05, 4.69) is 33.2 Å². The number of likely N-dealkylation sites (tertiary alicyclic amines) is 1. The molecule has 3 heterocycles. The van der Waals surface area contributed by atoms with E-state index in [0.717, 1.165) is 88.1 Å². The number of guanidine groups is 1. The molecule has 0 atom stereocenters. The lowest BCUT2D eigenvalue weighted by atomic mass is 10.1. The molecule has 2 N–H and O–H groups in total. The molecule has 32 heavy (non-hydrogen) atoms. The molecule has 1 amide bonds. The summed E-state index contributed by atoms with van der Waals surface area (Å²) in [5.41, 5.74) is 2.34. The molecule has 1 aromatic heterocycles. The van der Waals surface area contributed by atoms with E-state index in [1.165, 1.54) is 10.9 Å². The smallest absolute Gasteiger partial charge is 0.236 e. The lowest BCUT2D eigenvalue weighted by Gasteiger charge is -2.36. The molecule has 7 nitrogen and oxygen atoms in total. The number of rotatable bonds is 6. The molecule has 0 saturated carbocycles. The molecule has 2 saturated heterocycles. The molecule has 2 fully saturated rings. The van der Waals surface area contributed by atoms with Gasteiger partial charge in [0.05, 0.1) is 6.54 Å². The number of carbonyl (C=O) groups excluding carboxylic acids is 1. The monoisotopic (exact) mass is 572 g/mol. The maximum atomic E-state index is 12.4. The maximum absolute atomic E-state index is 12.4. The van der Waals surface area contributed by atoms with Crippen molar-refractivity contribution < 1.29 is 4.79 Å². The molecule has 9 heteroatoms. The van der Waals surface area contributed by atoms with E-state index in [9.17, 15) is 4.79 Å². The molecule has 2 aliphatic rings. The number of halogens is 2. The highest BCUT2D eigenvalue weighted by Gasteiger charge is 2.24. The summed E-state index contributed by atoms with van der Waals surface area (Å²) < 4.78 is 0. The molecule has 0 spiro atoms. The van der Waals surface area contributed by atoms with Gasteiger partial charge in [0, 0.05) is 74.5 Å². The fourth-order valence-corrected chi connectivity index (χ4v) is 4.61. The van der Waals surface area contributed by atoms with Crippen LogP contribution in [0.5, 0.6) is 0 Å². The van der Waals surface area contributed by atoms with Crippen LogP contribution in [0.1, 0.15) is 25.3 Å². The second kappa shape index (κ2) is 12.1. The van der Waals surface area contributed by atoms with E-state index in [4.69, 9.17) is 16.6 Å². The molecule has 1 aromatic carbocycles. The van der Waals surface area contributed by atoms with Crippen molar-refractivity contribution in [2.45, 2.75) is 26.2 Å². The fourth-order valence-electron chi connectivity index (χ4n) is 4.44. The Labute approximate surface area is 212 Å². The molecular formula is C23H34ClIN6O. The van der Waals surface area contributed by atoms with Crippen LogP contribution in [0, 0.1) is 0 Å². The van der Waals surface area contributed by atoms with Gasteiger partial charge in [-0.1, -0.05) is 11.6 Å². The van der Waals surface area contributed by atoms with Gasteiger partial charge in [0.1, 0.15) is 0 Å². The molecule has 4 rings (SSSR count). The van der Waals surface area contributed by atoms with Crippen molar-refractivity contribution in [3.05, 3.63) is 35.0 Å². The molecule has 0 aliphatic carbocycles.